The van der Waals surface area contributed by atoms with Gasteiger partial charge in [0.1, 0.15) is 5.82 Å². The molecular weight excluding hydrogens is 261 g/mol. The maximum atomic E-state index is 12.8. The van der Waals surface area contributed by atoms with E-state index < -0.39 is 12.1 Å². The number of halogens is 1. The number of benzene rings is 1. The molecule has 2 rings (SSSR count). The Kier molecular flexibility index (Phi) is 4.14. The molecule has 1 amide bonds. The van der Waals surface area contributed by atoms with Crippen LogP contribution in [0, 0.1) is 5.82 Å². The van der Waals surface area contributed by atoms with E-state index in [-0.39, 0.29) is 11.7 Å². The molecule has 0 spiro atoms. The lowest BCUT2D eigenvalue weighted by Gasteiger charge is -2.20. The van der Waals surface area contributed by atoms with Crippen molar-refractivity contribution in [2.45, 2.75) is 19.1 Å². The van der Waals surface area contributed by atoms with E-state index in [1.165, 1.54) is 35.1 Å². The maximum absolute atomic E-state index is 12.8. The average Bonchev–Trinajstić information content (AvgIpc) is 2.85. The minimum atomic E-state index is -0.906. The number of carbonyl (C=O) groups excluding carboxylic acids is 1. The van der Waals surface area contributed by atoms with Crippen molar-refractivity contribution in [1.29, 1.82) is 0 Å². The summed E-state index contributed by atoms with van der Waals surface area (Å²) in [5.41, 5.74) is 0.969. The van der Waals surface area contributed by atoms with Gasteiger partial charge in [-0.3, -0.25) is 9.48 Å². The molecule has 1 heterocycles. The first-order valence-electron chi connectivity index (χ1n) is 6.20. The number of hydrogen-bond donors (Lipinski definition) is 2. The number of aliphatic hydroxyl groups excluding tert-OH is 1. The molecule has 6 heteroatoms. The van der Waals surface area contributed by atoms with Crippen LogP contribution in [-0.4, -0.2) is 26.8 Å². The van der Waals surface area contributed by atoms with E-state index in [4.69, 9.17) is 0 Å². The van der Waals surface area contributed by atoms with Gasteiger partial charge in [-0.15, -0.1) is 0 Å². The van der Waals surface area contributed by atoms with E-state index in [2.05, 4.69) is 10.4 Å². The molecule has 0 saturated carbocycles. The topological polar surface area (TPSA) is 67.2 Å². The SMILES string of the molecule is CC(NC(=O)c1cnn(C)c1)C(O)c1ccc(F)cc1. The van der Waals surface area contributed by atoms with Crippen LogP contribution in [0.4, 0.5) is 4.39 Å². The molecule has 0 fully saturated rings. The van der Waals surface area contributed by atoms with Gasteiger partial charge >= 0.3 is 0 Å². The van der Waals surface area contributed by atoms with E-state index in [1.54, 1.807) is 20.2 Å². The third-order valence-electron chi connectivity index (χ3n) is 3.01. The number of amides is 1. The van der Waals surface area contributed by atoms with Gasteiger partial charge in [0.05, 0.1) is 23.9 Å². The number of aliphatic hydroxyl groups is 1. The van der Waals surface area contributed by atoms with Crippen LogP contribution >= 0.6 is 0 Å². The minimum absolute atomic E-state index is 0.313. The first-order chi connectivity index (χ1) is 9.47. The molecule has 0 aliphatic rings. The number of rotatable bonds is 4. The Balaban J connectivity index is 2.02. The Morgan fingerprint density at radius 2 is 2.05 bits per heavy atom. The number of hydrogen-bond acceptors (Lipinski definition) is 3. The van der Waals surface area contributed by atoms with Gasteiger partial charge in [0, 0.05) is 13.2 Å². The molecular formula is C14H16FN3O2. The van der Waals surface area contributed by atoms with Gasteiger partial charge < -0.3 is 10.4 Å². The summed E-state index contributed by atoms with van der Waals surface area (Å²) in [7, 11) is 1.72. The fourth-order valence-corrected chi connectivity index (χ4v) is 1.86. The second-order valence-corrected chi connectivity index (χ2v) is 4.66. The predicted octanol–water partition coefficient (Wildman–Crippen LogP) is 1.41. The van der Waals surface area contributed by atoms with Crippen molar-refractivity contribution in [2.75, 3.05) is 0 Å². The minimum Gasteiger partial charge on any atom is -0.386 e. The van der Waals surface area contributed by atoms with Crippen molar-refractivity contribution in [1.82, 2.24) is 15.1 Å². The fraction of sp³-hybridized carbons (Fsp3) is 0.286. The smallest absolute Gasteiger partial charge is 0.254 e. The molecule has 5 nitrogen and oxygen atoms in total. The molecule has 2 aromatic rings. The Hall–Kier alpha value is -2.21. The number of carbonyl (C=O) groups is 1. The number of aryl methyl sites for hydroxylation is 1. The van der Waals surface area contributed by atoms with Crippen LogP contribution in [0.1, 0.15) is 28.9 Å². The molecule has 2 unspecified atom stereocenters. The zero-order chi connectivity index (χ0) is 14.7. The van der Waals surface area contributed by atoms with Gasteiger partial charge in [0.15, 0.2) is 0 Å². The molecule has 20 heavy (non-hydrogen) atoms. The van der Waals surface area contributed by atoms with Crippen molar-refractivity contribution < 1.29 is 14.3 Å². The summed E-state index contributed by atoms with van der Waals surface area (Å²) in [5.74, 6) is -0.681. The van der Waals surface area contributed by atoms with Crippen molar-refractivity contribution in [3.63, 3.8) is 0 Å². The monoisotopic (exact) mass is 277 g/mol. The summed E-state index contributed by atoms with van der Waals surface area (Å²) < 4.78 is 14.3. The van der Waals surface area contributed by atoms with Crippen LogP contribution in [0.2, 0.25) is 0 Å². The van der Waals surface area contributed by atoms with Crippen LogP contribution in [0.3, 0.4) is 0 Å². The fourth-order valence-electron chi connectivity index (χ4n) is 1.86. The summed E-state index contributed by atoms with van der Waals surface area (Å²) in [6.07, 6.45) is 2.13. The van der Waals surface area contributed by atoms with E-state index in [0.717, 1.165) is 0 Å². The molecule has 0 bridgehead atoms. The Bertz CT molecular complexity index is 595. The van der Waals surface area contributed by atoms with Gasteiger partial charge in [0.2, 0.25) is 0 Å². The summed E-state index contributed by atoms with van der Waals surface area (Å²) in [6.45, 7) is 1.68. The van der Waals surface area contributed by atoms with E-state index >= 15 is 0 Å². The summed E-state index contributed by atoms with van der Waals surface area (Å²) >= 11 is 0. The normalized spacial score (nSPS) is 13.8. The third kappa shape index (κ3) is 3.21. The first kappa shape index (κ1) is 14.2. The highest BCUT2D eigenvalue weighted by molar-refractivity contribution is 5.93. The van der Waals surface area contributed by atoms with Gasteiger partial charge in [-0.25, -0.2) is 4.39 Å². The highest BCUT2D eigenvalue weighted by atomic mass is 19.1. The van der Waals surface area contributed by atoms with Crippen LogP contribution < -0.4 is 5.32 Å². The zero-order valence-corrected chi connectivity index (χ0v) is 11.2. The molecule has 1 aromatic carbocycles. The second kappa shape index (κ2) is 5.83. The lowest BCUT2D eigenvalue weighted by atomic mass is 10.0. The molecule has 0 aliphatic heterocycles. The van der Waals surface area contributed by atoms with E-state index in [0.29, 0.717) is 11.1 Å². The Morgan fingerprint density at radius 3 is 2.60 bits per heavy atom. The van der Waals surface area contributed by atoms with Gasteiger partial charge in [-0.05, 0) is 24.6 Å². The lowest BCUT2D eigenvalue weighted by molar-refractivity contribution is 0.0852. The van der Waals surface area contributed by atoms with E-state index in [9.17, 15) is 14.3 Å². The highest BCUT2D eigenvalue weighted by Crippen LogP contribution is 2.17. The van der Waals surface area contributed by atoms with Crippen molar-refractivity contribution >= 4 is 5.91 Å². The average molecular weight is 277 g/mol. The molecule has 1 aromatic heterocycles. The van der Waals surface area contributed by atoms with Gasteiger partial charge in [-0.1, -0.05) is 12.1 Å². The van der Waals surface area contributed by atoms with Crippen LogP contribution in [-0.2, 0) is 7.05 Å². The van der Waals surface area contributed by atoms with E-state index in [1.807, 2.05) is 0 Å². The number of nitrogens with one attached hydrogen (secondary N) is 1. The van der Waals surface area contributed by atoms with Crippen molar-refractivity contribution in [3.05, 3.63) is 53.6 Å². The summed E-state index contributed by atoms with van der Waals surface area (Å²) in [4.78, 5) is 11.9. The molecule has 0 radical (unpaired) electrons. The molecule has 106 valence electrons. The Labute approximate surface area is 116 Å². The first-order valence-corrected chi connectivity index (χ1v) is 6.20. The van der Waals surface area contributed by atoms with Gasteiger partial charge in [0.25, 0.3) is 5.91 Å². The van der Waals surface area contributed by atoms with Gasteiger partial charge in [-0.2, -0.15) is 5.10 Å². The number of aromatic nitrogens is 2. The third-order valence-corrected chi connectivity index (χ3v) is 3.01. The van der Waals surface area contributed by atoms with Crippen LogP contribution in [0.15, 0.2) is 36.7 Å². The number of nitrogens with zero attached hydrogens (tertiary/aromatic N) is 2. The van der Waals surface area contributed by atoms with Crippen LogP contribution in [0.5, 0.6) is 0 Å². The highest BCUT2D eigenvalue weighted by Gasteiger charge is 2.19. The molecule has 2 N–H and O–H groups in total. The zero-order valence-electron chi connectivity index (χ0n) is 11.2. The van der Waals surface area contributed by atoms with Crippen LogP contribution in [0.25, 0.3) is 0 Å². The second-order valence-electron chi connectivity index (χ2n) is 4.66. The summed E-state index contributed by atoms with van der Waals surface area (Å²) in [5, 5.41) is 16.7. The molecule has 2 atom stereocenters. The summed E-state index contributed by atoms with van der Waals surface area (Å²) in [6, 6.07) is 5.02. The molecule has 0 saturated heterocycles. The predicted molar refractivity (Wildman–Crippen MR) is 71.5 cm³/mol. The lowest BCUT2D eigenvalue weighted by Crippen LogP contribution is -2.36. The molecule has 0 aliphatic carbocycles. The Morgan fingerprint density at radius 1 is 1.40 bits per heavy atom. The van der Waals surface area contributed by atoms with Crippen molar-refractivity contribution in [3.8, 4) is 0 Å². The standard InChI is InChI=1S/C14H16FN3O2/c1-9(13(19)10-3-5-12(15)6-4-10)17-14(20)11-7-16-18(2)8-11/h3-9,13,19H,1-2H3,(H,17,20). The largest absolute Gasteiger partial charge is 0.386 e. The quantitative estimate of drug-likeness (QED) is 0.888. The maximum Gasteiger partial charge on any atom is 0.254 e. The van der Waals surface area contributed by atoms with Crippen molar-refractivity contribution in [2.24, 2.45) is 7.05 Å².